The molecule has 0 aliphatic rings. The largest absolute Gasteiger partial charge is 0.489 e. The Hall–Kier alpha value is -2.82. The molecule has 0 bridgehead atoms. The molecule has 0 N–H and O–H groups in total. The first kappa shape index (κ1) is 16.1. The van der Waals surface area contributed by atoms with E-state index in [1.165, 1.54) is 0 Å². The summed E-state index contributed by atoms with van der Waals surface area (Å²) >= 11 is 0. The fraction of sp³-hybridized carbons (Fsp3) is 0.263. The fourth-order valence-corrected chi connectivity index (χ4v) is 2.08. The predicted octanol–water partition coefficient (Wildman–Crippen LogP) is 4.35. The zero-order chi connectivity index (χ0) is 16.8. The molecule has 5 heteroatoms. The number of hydrogen-bond donors (Lipinski definition) is 0. The Morgan fingerprint density at radius 3 is 2.08 bits per heavy atom. The SMILES string of the molecule is CC(C)c1noc(COc2ccc(OCc3ccccc3)cc2)n1. The second-order valence-electron chi connectivity index (χ2n) is 5.74. The van der Waals surface area contributed by atoms with Gasteiger partial charge in [-0.2, -0.15) is 4.98 Å². The summed E-state index contributed by atoms with van der Waals surface area (Å²) in [5.41, 5.74) is 1.13. The molecule has 3 rings (SSSR count). The van der Waals surface area contributed by atoms with Crippen molar-refractivity contribution in [1.82, 2.24) is 10.1 Å². The van der Waals surface area contributed by atoms with Gasteiger partial charge in [0.2, 0.25) is 0 Å². The quantitative estimate of drug-likeness (QED) is 0.646. The summed E-state index contributed by atoms with van der Waals surface area (Å²) in [5, 5.41) is 3.91. The normalized spacial score (nSPS) is 10.8. The molecule has 2 aromatic carbocycles. The Kier molecular flexibility index (Phi) is 5.11. The smallest absolute Gasteiger partial charge is 0.264 e. The first-order valence-electron chi connectivity index (χ1n) is 7.93. The third-order valence-electron chi connectivity index (χ3n) is 3.43. The van der Waals surface area contributed by atoms with E-state index >= 15 is 0 Å². The molecule has 3 aromatic rings. The highest BCUT2D eigenvalue weighted by molar-refractivity contribution is 5.31. The van der Waals surface area contributed by atoms with Gasteiger partial charge in [-0.25, -0.2) is 0 Å². The third kappa shape index (κ3) is 4.35. The van der Waals surface area contributed by atoms with E-state index in [1.807, 2.05) is 68.4 Å². The van der Waals surface area contributed by atoms with Gasteiger partial charge in [0, 0.05) is 5.92 Å². The average molecular weight is 324 g/mol. The summed E-state index contributed by atoms with van der Waals surface area (Å²) in [7, 11) is 0. The number of benzene rings is 2. The van der Waals surface area contributed by atoms with Crippen molar-refractivity contribution in [2.75, 3.05) is 0 Å². The Morgan fingerprint density at radius 1 is 0.875 bits per heavy atom. The zero-order valence-electron chi connectivity index (χ0n) is 13.8. The van der Waals surface area contributed by atoms with Gasteiger partial charge in [0.1, 0.15) is 18.1 Å². The number of rotatable bonds is 7. The van der Waals surface area contributed by atoms with Gasteiger partial charge in [-0.3, -0.25) is 0 Å². The van der Waals surface area contributed by atoms with Crippen LogP contribution in [-0.2, 0) is 13.2 Å². The van der Waals surface area contributed by atoms with Crippen LogP contribution in [-0.4, -0.2) is 10.1 Å². The molecule has 0 aliphatic carbocycles. The molecule has 24 heavy (non-hydrogen) atoms. The van der Waals surface area contributed by atoms with Gasteiger partial charge in [0.15, 0.2) is 12.4 Å². The molecule has 0 saturated carbocycles. The average Bonchev–Trinajstić information content (AvgIpc) is 3.09. The van der Waals surface area contributed by atoms with E-state index < -0.39 is 0 Å². The van der Waals surface area contributed by atoms with Crippen molar-refractivity contribution in [3.8, 4) is 11.5 Å². The van der Waals surface area contributed by atoms with E-state index in [4.69, 9.17) is 14.0 Å². The van der Waals surface area contributed by atoms with Crippen LogP contribution in [0.5, 0.6) is 11.5 Å². The molecule has 0 unspecified atom stereocenters. The Labute approximate surface area is 141 Å². The van der Waals surface area contributed by atoms with Crippen molar-refractivity contribution in [1.29, 1.82) is 0 Å². The molecule has 0 spiro atoms. The maximum atomic E-state index is 5.74. The van der Waals surface area contributed by atoms with Crippen molar-refractivity contribution < 1.29 is 14.0 Å². The molecule has 0 fully saturated rings. The van der Waals surface area contributed by atoms with Crippen LogP contribution in [0.3, 0.4) is 0 Å². The first-order chi connectivity index (χ1) is 11.7. The van der Waals surface area contributed by atoms with Crippen LogP contribution in [0.25, 0.3) is 0 Å². The van der Waals surface area contributed by atoms with Gasteiger partial charge in [-0.1, -0.05) is 49.3 Å². The van der Waals surface area contributed by atoms with Crippen molar-refractivity contribution in [2.45, 2.75) is 33.0 Å². The lowest BCUT2D eigenvalue weighted by Gasteiger charge is -2.07. The lowest BCUT2D eigenvalue weighted by molar-refractivity contribution is 0.241. The van der Waals surface area contributed by atoms with Crippen LogP contribution in [0.4, 0.5) is 0 Å². The van der Waals surface area contributed by atoms with E-state index in [-0.39, 0.29) is 12.5 Å². The molecule has 1 aromatic heterocycles. The molecular weight excluding hydrogens is 304 g/mol. The molecular formula is C19H20N2O3. The second-order valence-corrected chi connectivity index (χ2v) is 5.74. The van der Waals surface area contributed by atoms with Gasteiger partial charge >= 0.3 is 0 Å². The summed E-state index contributed by atoms with van der Waals surface area (Å²) in [6.07, 6.45) is 0. The van der Waals surface area contributed by atoms with Crippen LogP contribution in [0, 0.1) is 0 Å². The fourth-order valence-electron chi connectivity index (χ4n) is 2.08. The van der Waals surface area contributed by atoms with Crippen molar-refractivity contribution in [3.05, 3.63) is 71.9 Å². The summed E-state index contributed by atoms with van der Waals surface area (Å²) in [6, 6.07) is 17.5. The van der Waals surface area contributed by atoms with E-state index in [0.29, 0.717) is 18.3 Å². The Balaban J connectivity index is 1.50. The van der Waals surface area contributed by atoms with Crippen LogP contribution in [0.15, 0.2) is 59.1 Å². The number of nitrogens with zero attached hydrogens (tertiary/aromatic N) is 2. The highest BCUT2D eigenvalue weighted by Crippen LogP contribution is 2.20. The number of ether oxygens (including phenoxy) is 2. The zero-order valence-corrected chi connectivity index (χ0v) is 13.8. The summed E-state index contributed by atoms with van der Waals surface area (Å²) in [5.74, 6) is 2.93. The summed E-state index contributed by atoms with van der Waals surface area (Å²) in [6.45, 7) is 4.83. The molecule has 1 heterocycles. The standard InChI is InChI=1S/C19H20N2O3/c1-14(2)19-20-18(24-21-19)13-23-17-10-8-16(9-11-17)22-12-15-6-4-3-5-7-15/h3-11,14H,12-13H2,1-2H3. The first-order valence-corrected chi connectivity index (χ1v) is 7.93. The summed E-state index contributed by atoms with van der Waals surface area (Å²) in [4.78, 5) is 4.28. The lowest BCUT2D eigenvalue weighted by atomic mass is 10.2. The number of aromatic nitrogens is 2. The molecule has 5 nitrogen and oxygen atoms in total. The van der Waals surface area contributed by atoms with Crippen LogP contribution in [0.2, 0.25) is 0 Å². The van der Waals surface area contributed by atoms with E-state index in [0.717, 1.165) is 17.1 Å². The van der Waals surface area contributed by atoms with Crippen molar-refractivity contribution in [3.63, 3.8) is 0 Å². The topological polar surface area (TPSA) is 57.4 Å². The minimum absolute atomic E-state index is 0.239. The summed E-state index contributed by atoms with van der Waals surface area (Å²) < 4.78 is 16.5. The Morgan fingerprint density at radius 2 is 1.50 bits per heavy atom. The van der Waals surface area contributed by atoms with Crippen LogP contribution in [0.1, 0.15) is 37.0 Å². The van der Waals surface area contributed by atoms with Gasteiger partial charge in [-0.05, 0) is 29.8 Å². The van der Waals surface area contributed by atoms with E-state index in [1.54, 1.807) is 0 Å². The molecule has 124 valence electrons. The maximum absolute atomic E-state index is 5.74. The second kappa shape index (κ2) is 7.64. The van der Waals surface area contributed by atoms with E-state index in [2.05, 4.69) is 10.1 Å². The monoisotopic (exact) mass is 324 g/mol. The van der Waals surface area contributed by atoms with Gasteiger partial charge in [-0.15, -0.1) is 0 Å². The van der Waals surface area contributed by atoms with Gasteiger partial charge in [0.05, 0.1) is 0 Å². The molecule has 0 aliphatic heterocycles. The highest BCUT2D eigenvalue weighted by atomic mass is 16.5. The molecule has 0 atom stereocenters. The highest BCUT2D eigenvalue weighted by Gasteiger charge is 2.10. The van der Waals surface area contributed by atoms with Gasteiger partial charge in [0.25, 0.3) is 5.89 Å². The van der Waals surface area contributed by atoms with Crippen LogP contribution < -0.4 is 9.47 Å². The van der Waals surface area contributed by atoms with Crippen molar-refractivity contribution in [2.24, 2.45) is 0 Å². The molecule has 0 amide bonds. The minimum atomic E-state index is 0.239. The van der Waals surface area contributed by atoms with Crippen molar-refractivity contribution >= 4 is 0 Å². The predicted molar refractivity (Wildman–Crippen MR) is 89.9 cm³/mol. The number of hydrogen-bond acceptors (Lipinski definition) is 5. The molecule has 0 saturated heterocycles. The minimum Gasteiger partial charge on any atom is -0.489 e. The maximum Gasteiger partial charge on any atom is 0.264 e. The molecule has 0 radical (unpaired) electrons. The van der Waals surface area contributed by atoms with Gasteiger partial charge < -0.3 is 14.0 Å². The lowest BCUT2D eigenvalue weighted by Crippen LogP contribution is -1.98. The van der Waals surface area contributed by atoms with E-state index in [9.17, 15) is 0 Å². The van der Waals surface area contributed by atoms with Crippen LogP contribution >= 0.6 is 0 Å². The third-order valence-corrected chi connectivity index (χ3v) is 3.43. The Bertz CT molecular complexity index is 752.